The van der Waals surface area contributed by atoms with Crippen LogP contribution in [0.4, 0.5) is 0 Å². The van der Waals surface area contributed by atoms with Crippen LogP contribution in [0.5, 0.6) is 0 Å². The number of hydrogen-bond donors (Lipinski definition) is 2. The predicted octanol–water partition coefficient (Wildman–Crippen LogP) is 2.54. The van der Waals surface area contributed by atoms with Crippen molar-refractivity contribution in [2.75, 3.05) is 0 Å². The normalized spacial score (nSPS) is 11.9. The monoisotopic (exact) mass is 367 g/mol. The fourth-order valence-electron chi connectivity index (χ4n) is 1.25. The van der Waals surface area contributed by atoms with E-state index in [0.29, 0.717) is 17.0 Å². The molecule has 0 aromatic heterocycles. The Balaban J connectivity index is 2.89. The van der Waals surface area contributed by atoms with Gasteiger partial charge in [0.15, 0.2) is 0 Å². The Bertz CT molecular complexity index is 450. The van der Waals surface area contributed by atoms with Crippen LogP contribution >= 0.6 is 34.2 Å². The molecule has 0 aliphatic heterocycles. The Morgan fingerprint density at radius 2 is 2.18 bits per heavy atom. The molecule has 0 aliphatic carbocycles. The molecule has 0 fully saturated rings. The topological polar surface area (TPSA) is 66.4 Å². The Morgan fingerprint density at radius 3 is 2.71 bits per heavy atom. The average Bonchev–Trinajstić information content (AvgIpc) is 2.28. The van der Waals surface area contributed by atoms with E-state index >= 15 is 0 Å². The maximum absolute atomic E-state index is 11.9. The van der Waals surface area contributed by atoms with Gasteiger partial charge in [0.1, 0.15) is 6.04 Å². The van der Waals surface area contributed by atoms with E-state index < -0.39 is 17.9 Å². The Labute approximate surface area is 117 Å². The molecule has 0 bridgehead atoms. The number of carboxylic acids is 1. The lowest BCUT2D eigenvalue weighted by Crippen LogP contribution is -2.40. The second-order valence-electron chi connectivity index (χ2n) is 3.40. The molecule has 0 aliphatic rings. The van der Waals surface area contributed by atoms with E-state index in [0.717, 1.165) is 3.57 Å². The number of carboxylic acid groups (broad SMARTS) is 1. The first-order valence-corrected chi connectivity index (χ1v) is 6.40. The van der Waals surface area contributed by atoms with Crippen molar-refractivity contribution in [2.24, 2.45) is 0 Å². The molecule has 0 spiro atoms. The highest BCUT2D eigenvalue weighted by Gasteiger charge is 2.19. The van der Waals surface area contributed by atoms with E-state index in [9.17, 15) is 9.59 Å². The number of aliphatic carboxylic acids is 1. The quantitative estimate of drug-likeness (QED) is 0.804. The molecule has 4 nitrogen and oxygen atoms in total. The summed E-state index contributed by atoms with van der Waals surface area (Å²) in [6.45, 7) is 1.70. The van der Waals surface area contributed by atoms with Gasteiger partial charge in [0.2, 0.25) is 0 Å². The van der Waals surface area contributed by atoms with Gasteiger partial charge in [0, 0.05) is 8.59 Å². The van der Waals surface area contributed by atoms with Gasteiger partial charge in [-0.1, -0.05) is 18.5 Å². The van der Waals surface area contributed by atoms with Crippen LogP contribution < -0.4 is 5.32 Å². The number of hydrogen-bond acceptors (Lipinski definition) is 2. The first-order valence-electron chi connectivity index (χ1n) is 4.94. The van der Waals surface area contributed by atoms with Crippen LogP contribution in [0, 0.1) is 3.57 Å². The van der Waals surface area contributed by atoms with Gasteiger partial charge in [0.05, 0.1) is 5.56 Å². The lowest BCUT2D eigenvalue weighted by atomic mass is 10.1. The second kappa shape index (κ2) is 6.20. The highest BCUT2D eigenvalue weighted by molar-refractivity contribution is 14.1. The molecule has 0 radical (unpaired) electrons. The second-order valence-corrected chi connectivity index (χ2v) is 5.00. The van der Waals surface area contributed by atoms with Crippen LogP contribution in [0.1, 0.15) is 23.7 Å². The largest absolute Gasteiger partial charge is 0.480 e. The standard InChI is InChI=1S/C11H11ClINO3/c1-2-9(11(16)17)14-10(15)7-5-6(12)3-4-8(7)13/h3-5,9H,2H2,1H3,(H,14,15)(H,16,17)/t9-/m0/s1. The van der Waals surface area contributed by atoms with Crippen LogP contribution in [0.2, 0.25) is 5.02 Å². The number of halogens is 2. The SMILES string of the molecule is CC[C@H](NC(=O)c1cc(Cl)ccc1I)C(=O)O. The van der Waals surface area contributed by atoms with Gasteiger partial charge in [-0.3, -0.25) is 4.79 Å². The molecule has 1 aromatic rings. The molecule has 0 saturated heterocycles. The van der Waals surface area contributed by atoms with Crippen molar-refractivity contribution in [1.82, 2.24) is 5.32 Å². The van der Waals surface area contributed by atoms with Crippen molar-refractivity contribution in [3.63, 3.8) is 0 Å². The number of amides is 1. The number of carbonyl (C=O) groups excluding carboxylic acids is 1. The third-order valence-electron chi connectivity index (χ3n) is 2.18. The van der Waals surface area contributed by atoms with Crippen LogP contribution in [-0.2, 0) is 4.79 Å². The molecular formula is C11H11ClINO3. The first-order chi connectivity index (χ1) is 7.95. The van der Waals surface area contributed by atoms with E-state index in [1.807, 2.05) is 22.6 Å². The summed E-state index contributed by atoms with van der Waals surface area (Å²) in [6, 6.07) is 4.03. The zero-order valence-electron chi connectivity index (χ0n) is 9.04. The van der Waals surface area contributed by atoms with Crippen LogP contribution in [-0.4, -0.2) is 23.0 Å². The molecule has 6 heteroatoms. The van der Waals surface area contributed by atoms with Crippen LogP contribution in [0.25, 0.3) is 0 Å². The predicted molar refractivity (Wildman–Crippen MR) is 73.4 cm³/mol. The number of benzene rings is 1. The Morgan fingerprint density at radius 1 is 1.53 bits per heavy atom. The Kier molecular flexibility index (Phi) is 5.20. The lowest BCUT2D eigenvalue weighted by molar-refractivity contribution is -0.139. The highest BCUT2D eigenvalue weighted by Crippen LogP contribution is 2.18. The molecule has 1 atom stereocenters. The molecule has 1 aromatic carbocycles. The van der Waals surface area contributed by atoms with E-state index in [1.54, 1.807) is 19.1 Å². The van der Waals surface area contributed by atoms with E-state index in [1.165, 1.54) is 6.07 Å². The highest BCUT2D eigenvalue weighted by atomic mass is 127. The lowest BCUT2D eigenvalue weighted by Gasteiger charge is -2.13. The first kappa shape index (κ1) is 14.2. The summed E-state index contributed by atoms with van der Waals surface area (Å²) >= 11 is 7.80. The van der Waals surface area contributed by atoms with E-state index in [2.05, 4.69) is 5.32 Å². The van der Waals surface area contributed by atoms with Gasteiger partial charge >= 0.3 is 5.97 Å². The minimum Gasteiger partial charge on any atom is -0.480 e. The van der Waals surface area contributed by atoms with E-state index in [4.69, 9.17) is 16.7 Å². The minimum absolute atomic E-state index is 0.332. The molecule has 0 unspecified atom stereocenters. The maximum Gasteiger partial charge on any atom is 0.326 e. The van der Waals surface area contributed by atoms with Crippen LogP contribution in [0.3, 0.4) is 0 Å². The van der Waals surface area contributed by atoms with Crippen molar-refractivity contribution in [2.45, 2.75) is 19.4 Å². The van der Waals surface area contributed by atoms with Gasteiger partial charge in [0.25, 0.3) is 5.91 Å². The summed E-state index contributed by atoms with van der Waals surface area (Å²) in [5.74, 6) is -1.47. The van der Waals surface area contributed by atoms with Crippen molar-refractivity contribution in [3.8, 4) is 0 Å². The Hall–Kier alpha value is -0.820. The van der Waals surface area contributed by atoms with Gasteiger partial charge in [-0.05, 0) is 47.2 Å². The summed E-state index contributed by atoms with van der Waals surface area (Å²) in [5.41, 5.74) is 0.387. The fraction of sp³-hybridized carbons (Fsp3) is 0.273. The average molecular weight is 368 g/mol. The van der Waals surface area contributed by atoms with Crippen molar-refractivity contribution in [3.05, 3.63) is 32.4 Å². The zero-order valence-corrected chi connectivity index (χ0v) is 11.9. The molecule has 1 amide bonds. The zero-order chi connectivity index (χ0) is 13.0. The van der Waals surface area contributed by atoms with Crippen LogP contribution in [0.15, 0.2) is 18.2 Å². The fourth-order valence-corrected chi connectivity index (χ4v) is 2.00. The van der Waals surface area contributed by atoms with E-state index in [-0.39, 0.29) is 0 Å². The summed E-state index contributed by atoms with van der Waals surface area (Å²) in [7, 11) is 0. The molecule has 1 rings (SSSR count). The summed E-state index contributed by atoms with van der Waals surface area (Å²) in [5, 5.41) is 11.7. The molecule has 92 valence electrons. The summed E-state index contributed by atoms with van der Waals surface area (Å²) in [4.78, 5) is 22.7. The molecule has 0 saturated carbocycles. The van der Waals surface area contributed by atoms with Gasteiger partial charge in [-0.25, -0.2) is 4.79 Å². The molecular weight excluding hydrogens is 356 g/mol. The molecule has 2 N–H and O–H groups in total. The van der Waals surface area contributed by atoms with Gasteiger partial charge < -0.3 is 10.4 Å². The number of rotatable bonds is 4. The number of carbonyl (C=O) groups is 2. The maximum atomic E-state index is 11.9. The minimum atomic E-state index is -1.04. The molecule has 0 heterocycles. The smallest absolute Gasteiger partial charge is 0.326 e. The molecule has 17 heavy (non-hydrogen) atoms. The van der Waals surface area contributed by atoms with Gasteiger partial charge in [-0.2, -0.15) is 0 Å². The van der Waals surface area contributed by atoms with Crippen molar-refractivity contribution >= 4 is 46.1 Å². The van der Waals surface area contributed by atoms with Gasteiger partial charge in [-0.15, -0.1) is 0 Å². The third-order valence-corrected chi connectivity index (χ3v) is 3.36. The number of nitrogens with one attached hydrogen (secondary N) is 1. The van der Waals surface area contributed by atoms with Crippen molar-refractivity contribution in [1.29, 1.82) is 0 Å². The summed E-state index contributed by atoms with van der Waals surface area (Å²) in [6.07, 6.45) is 0.332. The third kappa shape index (κ3) is 3.85. The van der Waals surface area contributed by atoms with Crippen molar-refractivity contribution < 1.29 is 14.7 Å². The summed E-state index contributed by atoms with van der Waals surface area (Å²) < 4.78 is 0.727.